The minimum atomic E-state index is -2.29. The Morgan fingerprint density at radius 1 is 1.08 bits per heavy atom. The van der Waals surface area contributed by atoms with Crippen LogP contribution in [0.15, 0.2) is 29.8 Å². The number of carbonyl (C=O) groups is 2. The van der Waals surface area contributed by atoms with E-state index in [0.717, 1.165) is 16.7 Å². The van der Waals surface area contributed by atoms with Gasteiger partial charge in [-0.25, -0.2) is 4.79 Å². The molecule has 39 heavy (non-hydrogen) atoms. The lowest BCUT2D eigenvalue weighted by Gasteiger charge is -2.61. The first-order chi connectivity index (χ1) is 17.6. The molecule has 7 nitrogen and oxygen atoms in total. The summed E-state index contributed by atoms with van der Waals surface area (Å²) < 4.78 is 18.3. The number of allylic oxidation sites excluding steroid dienone is 1. The number of aliphatic hydroxyl groups is 1. The number of benzene rings is 1. The molecule has 0 radical (unpaired) electrons. The molecule has 0 saturated heterocycles. The van der Waals surface area contributed by atoms with Gasteiger partial charge in [0.2, 0.25) is 0 Å². The van der Waals surface area contributed by atoms with Crippen LogP contribution in [0, 0.1) is 16.7 Å². The van der Waals surface area contributed by atoms with E-state index in [2.05, 4.69) is 53.0 Å². The highest BCUT2D eigenvalue weighted by atomic mass is 28.4. The summed E-state index contributed by atoms with van der Waals surface area (Å²) in [7, 11) is -2.29. The number of hydrogen-bond donors (Lipinski definition) is 2. The molecule has 1 aromatic carbocycles. The van der Waals surface area contributed by atoms with Gasteiger partial charge in [0.1, 0.15) is 5.60 Å². The van der Waals surface area contributed by atoms with Gasteiger partial charge in [-0.05, 0) is 68.0 Å². The molecule has 0 bridgehead atoms. The third-order valence-electron chi connectivity index (χ3n) is 8.68. The maximum Gasteiger partial charge on any atom is 0.412 e. The molecule has 4 atom stereocenters. The van der Waals surface area contributed by atoms with E-state index in [1.54, 1.807) is 0 Å². The SMILES string of the molecule is CC(=O)OC[C@]1(C)C[C@@H](O)C2C(=C(c3ccccc3NC(=O)OC(C)(C)C)C2(C)C)[C@@H]1O[Si](C)(C)C(C)(C)C. The van der Waals surface area contributed by atoms with Gasteiger partial charge in [0.05, 0.1) is 24.5 Å². The summed E-state index contributed by atoms with van der Waals surface area (Å²) in [4.78, 5) is 24.6. The van der Waals surface area contributed by atoms with Gasteiger partial charge in [-0.1, -0.05) is 59.7 Å². The van der Waals surface area contributed by atoms with E-state index < -0.39 is 31.5 Å². The molecule has 0 aromatic heterocycles. The Kier molecular flexibility index (Phi) is 8.32. The maximum absolute atomic E-state index is 12.8. The molecule has 2 aliphatic rings. The Morgan fingerprint density at radius 3 is 2.21 bits per heavy atom. The molecule has 0 heterocycles. The zero-order chi connectivity index (χ0) is 29.8. The number of esters is 1. The van der Waals surface area contributed by atoms with Crippen molar-refractivity contribution in [3.63, 3.8) is 0 Å². The number of carbonyl (C=O) groups excluding carboxylic acids is 2. The smallest absolute Gasteiger partial charge is 0.412 e. The van der Waals surface area contributed by atoms with Gasteiger partial charge in [0, 0.05) is 23.8 Å². The fourth-order valence-corrected chi connectivity index (χ4v) is 7.21. The van der Waals surface area contributed by atoms with E-state index in [1.165, 1.54) is 6.92 Å². The van der Waals surface area contributed by atoms with Crippen LogP contribution in [0.25, 0.3) is 5.57 Å². The van der Waals surface area contributed by atoms with Crippen molar-refractivity contribution in [1.29, 1.82) is 0 Å². The summed E-state index contributed by atoms with van der Waals surface area (Å²) in [5.74, 6) is -0.476. The molecule has 218 valence electrons. The summed E-state index contributed by atoms with van der Waals surface area (Å²) in [5, 5.41) is 14.4. The lowest BCUT2D eigenvalue weighted by Crippen LogP contribution is -2.62. The normalized spacial score (nSPS) is 26.8. The van der Waals surface area contributed by atoms with Crippen LogP contribution in [-0.2, 0) is 18.7 Å². The summed E-state index contributed by atoms with van der Waals surface area (Å²) in [6.07, 6.45) is -1.04. The molecule has 1 unspecified atom stereocenters. The fourth-order valence-electron chi connectivity index (χ4n) is 5.86. The quantitative estimate of drug-likeness (QED) is 0.283. The van der Waals surface area contributed by atoms with Crippen molar-refractivity contribution in [2.24, 2.45) is 16.7 Å². The number of anilines is 1. The van der Waals surface area contributed by atoms with Crippen LogP contribution in [0.2, 0.25) is 18.1 Å². The highest BCUT2D eigenvalue weighted by molar-refractivity contribution is 6.74. The Hall–Kier alpha value is -2.16. The van der Waals surface area contributed by atoms with Crippen molar-refractivity contribution in [2.75, 3.05) is 11.9 Å². The third-order valence-corrected chi connectivity index (χ3v) is 13.1. The lowest BCUT2D eigenvalue weighted by molar-refractivity contribution is -0.151. The predicted molar refractivity (Wildman–Crippen MR) is 158 cm³/mol. The average Bonchev–Trinajstić information content (AvgIpc) is 2.73. The molecular formula is C31H49NO6Si. The first kappa shape index (κ1) is 31.4. The van der Waals surface area contributed by atoms with Crippen molar-refractivity contribution in [2.45, 2.75) is 112 Å². The summed E-state index contributed by atoms with van der Waals surface area (Å²) in [6, 6.07) is 7.71. The molecule has 2 aliphatic carbocycles. The second kappa shape index (κ2) is 10.3. The molecule has 3 rings (SSSR count). The number of amides is 1. The van der Waals surface area contributed by atoms with Crippen LogP contribution >= 0.6 is 0 Å². The van der Waals surface area contributed by atoms with E-state index in [-0.39, 0.29) is 35.1 Å². The van der Waals surface area contributed by atoms with Crippen molar-refractivity contribution in [3.05, 3.63) is 35.4 Å². The molecule has 1 aromatic rings. The highest BCUT2D eigenvalue weighted by Gasteiger charge is 2.62. The Bertz CT molecular complexity index is 1140. The molecule has 1 saturated carbocycles. The molecule has 1 fully saturated rings. The van der Waals surface area contributed by atoms with Gasteiger partial charge >= 0.3 is 12.1 Å². The van der Waals surface area contributed by atoms with Crippen LogP contribution in [0.3, 0.4) is 0 Å². The van der Waals surface area contributed by atoms with Crippen LogP contribution in [-0.4, -0.2) is 49.9 Å². The van der Waals surface area contributed by atoms with Crippen LogP contribution in [0.1, 0.15) is 81.2 Å². The number of aliphatic hydroxyl groups excluding tert-OH is 1. The van der Waals surface area contributed by atoms with Crippen molar-refractivity contribution < 1.29 is 28.6 Å². The highest BCUT2D eigenvalue weighted by Crippen LogP contribution is 2.65. The largest absolute Gasteiger partial charge is 0.465 e. The minimum absolute atomic E-state index is 0.0446. The lowest BCUT2D eigenvalue weighted by atomic mass is 9.47. The maximum atomic E-state index is 12.8. The van der Waals surface area contributed by atoms with Gasteiger partial charge in [0.25, 0.3) is 0 Å². The predicted octanol–water partition coefficient (Wildman–Crippen LogP) is 7.17. The van der Waals surface area contributed by atoms with E-state index in [9.17, 15) is 14.7 Å². The standard InChI is InChI=1S/C31H49NO6Si/c1-19(33)36-18-31(10)17-22(34)25-23(26(31)38-39(11,12)29(5,6)7)24(30(25,8)9)20-15-13-14-16-21(20)32-27(35)37-28(2,3)4/h13-16,22,25-26,34H,17-18H2,1-12H3,(H,32,35)/t22-,25?,26+,31+/m1/s1. The molecule has 1 amide bonds. The first-order valence-corrected chi connectivity index (χ1v) is 16.8. The van der Waals surface area contributed by atoms with Crippen LogP contribution in [0.5, 0.6) is 0 Å². The van der Waals surface area contributed by atoms with E-state index in [0.29, 0.717) is 12.1 Å². The fraction of sp³-hybridized carbons (Fsp3) is 0.677. The van der Waals surface area contributed by atoms with Crippen LogP contribution < -0.4 is 5.32 Å². The molecule has 2 N–H and O–H groups in total. The zero-order valence-corrected chi connectivity index (χ0v) is 26.9. The number of para-hydroxylation sites is 1. The van der Waals surface area contributed by atoms with E-state index in [1.807, 2.05) is 52.0 Å². The minimum Gasteiger partial charge on any atom is -0.465 e. The van der Waals surface area contributed by atoms with E-state index >= 15 is 0 Å². The topological polar surface area (TPSA) is 94.1 Å². The van der Waals surface area contributed by atoms with Crippen LogP contribution in [0.4, 0.5) is 10.5 Å². The van der Waals surface area contributed by atoms with Gasteiger partial charge in [-0.3, -0.25) is 10.1 Å². The summed E-state index contributed by atoms with van der Waals surface area (Å²) >= 11 is 0. The van der Waals surface area contributed by atoms with Crippen molar-refractivity contribution in [1.82, 2.24) is 0 Å². The van der Waals surface area contributed by atoms with E-state index in [4.69, 9.17) is 13.9 Å². The zero-order valence-electron chi connectivity index (χ0n) is 25.9. The number of ether oxygens (including phenoxy) is 2. The number of fused-ring (bicyclic) bond motifs is 1. The molecule has 8 heteroatoms. The van der Waals surface area contributed by atoms with Crippen molar-refractivity contribution in [3.8, 4) is 0 Å². The number of rotatable bonds is 6. The summed E-state index contributed by atoms with van der Waals surface area (Å²) in [6.45, 7) is 24.5. The van der Waals surface area contributed by atoms with Gasteiger partial charge in [-0.2, -0.15) is 0 Å². The Labute approximate surface area is 235 Å². The first-order valence-electron chi connectivity index (χ1n) is 13.9. The molecular weight excluding hydrogens is 510 g/mol. The van der Waals surface area contributed by atoms with Gasteiger partial charge < -0.3 is 19.0 Å². The van der Waals surface area contributed by atoms with Gasteiger partial charge in [-0.15, -0.1) is 0 Å². The molecule has 0 aliphatic heterocycles. The number of nitrogens with one attached hydrogen (secondary N) is 1. The van der Waals surface area contributed by atoms with Crippen molar-refractivity contribution >= 4 is 31.6 Å². The Morgan fingerprint density at radius 2 is 1.67 bits per heavy atom. The monoisotopic (exact) mass is 559 g/mol. The summed E-state index contributed by atoms with van der Waals surface area (Å²) in [5.41, 5.74) is 1.99. The second-order valence-corrected chi connectivity index (χ2v) is 19.4. The van der Waals surface area contributed by atoms with Gasteiger partial charge in [0.15, 0.2) is 8.32 Å². The average molecular weight is 560 g/mol. The molecule has 0 spiro atoms. The second-order valence-electron chi connectivity index (χ2n) is 14.7. The number of hydrogen-bond acceptors (Lipinski definition) is 6. The third kappa shape index (κ3) is 6.28. The Balaban J connectivity index is 2.21.